The second kappa shape index (κ2) is 11.3. The summed E-state index contributed by atoms with van der Waals surface area (Å²) in [6.07, 6.45) is 1.34. The molecule has 0 aliphatic carbocycles. The fraction of sp³-hybridized carbons (Fsp3) is 0.619. The van der Waals surface area contributed by atoms with Crippen LogP contribution in [0.15, 0.2) is 30.3 Å². The van der Waals surface area contributed by atoms with Crippen molar-refractivity contribution in [2.45, 2.75) is 64.0 Å². The molecule has 1 aromatic carbocycles. The van der Waals surface area contributed by atoms with Gasteiger partial charge in [0.05, 0.1) is 12.6 Å². The van der Waals surface area contributed by atoms with E-state index in [0.29, 0.717) is 19.4 Å². The first-order chi connectivity index (χ1) is 13.8. The zero-order valence-electron chi connectivity index (χ0n) is 18.1. The number of nitrogens with one attached hydrogen (secondary N) is 2. The third-order valence-electron chi connectivity index (χ3n) is 4.79. The van der Waals surface area contributed by atoms with E-state index in [1.54, 1.807) is 0 Å². The third kappa shape index (κ3) is 8.55. The van der Waals surface area contributed by atoms with E-state index in [-0.39, 0.29) is 37.4 Å². The van der Waals surface area contributed by atoms with Gasteiger partial charge in [0, 0.05) is 21.1 Å². The first-order valence-corrected chi connectivity index (χ1v) is 14.1. The van der Waals surface area contributed by atoms with Crippen molar-refractivity contribution >= 4 is 20.0 Å². The average Bonchev–Trinajstić information content (AvgIpc) is 2.80. The maximum absolute atomic E-state index is 12.4. The molecule has 1 saturated heterocycles. The van der Waals surface area contributed by atoms with Crippen molar-refractivity contribution in [1.82, 2.24) is 15.8 Å². The van der Waals surface area contributed by atoms with Crippen LogP contribution >= 0.6 is 0 Å². The maximum atomic E-state index is 12.4. The Morgan fingerprint density at radius 1 is 1.24 bits per heavy atom. The van der Waals surface area contributed by atoms with Crippen LogP contribution in [0.5, 0.6) is 0 Å². The number of rotatable bonds is 10. The summed E-state index contributed by atoms with van der Waals surface area (Å²) in [5.41, 5.74) is 3.75. The highest BCUT2D eigenvalue weighted by atomic mass is 28.3. The van der Waals surface area contributed by atoms with Crippen molar-refractivity contribution in [2.24, 2.45) is 0 Å². The van der Waals surface area contributed by atoms with Crippen molar-refractivity contribution in [3.63, 3.8) is 0 Å². The van der Waals surface area contributed by atoms with Crippen LogP contribution in [0.25, 0.3) is 0 Å². The zero-order chi connectivity index (χ0) is 21.3. The molecule has 1 heterocycles. The molecule has 2 rings (SSSR count). The summed E-state index contributed by atoms with van der Waals surface area (Å²) >= 11 is 0. The fourth-order valence-electron chi connectivity index (χ4n) is 3.07. The molecule has 0 spiro atoms. The number of hydrogen-bond acceptors (Lipinski definition) is 4. The molecular weight excluding hydrogens is 386 g/mol. The summed E-state index contributed by atoms with van der Waals surface area (Å²) in [5, 5.41) is 4.32. The van der Waals surface area contributed by atoms with E-state index in [1.807, 2.05) is 37.3 Å². The van der Waals surface area contributed by atoms with E-state index in [2.05, 4.69) is 30.4 Å². The number of nitrogens with zero attached hydrogens (tertiary/aromatic N) is 1. The van der Waals surface area contributed by atoms with Gasteiger partial charge in [-0.3, -0.25) is 4.79 Å². The van der Waals surface area contributed by atoms with E-state index in [9.17, 15) is 9.59 Å². The largest absolute Gasteiger partial charge is 0.356 e. The van der Waals surface area contributed by atoms with Gasteiger partial charge in [-0.05, 0) is 24.4 Å². The topological polar surface area (TPSA) is 79.9 Å². The van der Waals surface area contributed by atoms with Crippen molar-refractivity contribution in [3.05, 3.63) is 35.9 Å². The molecule has 29 heavy (non-hydrogen) atoms. The van der Waals surface area contributed by atoms with Gasteiger partial charge in [0.1, 0.15) is 12.9 Å². The Hall–Kier alpha value is -1.90. The van der Waals surface area contributed by atoms with E-state index in [4.69, 9.17) is 9.47 Å². The van der Waals surface area contributed by atoms with Crippen molar-refractivity contribution in [1.29, 1.82) is 0 Å². The minimum Gasteiger partial charge on any atom is -0.356 e. The first-order valence-electron chi connectivity index (χ1n) is 10.4. The monoisotopic (exact) mass is 421 g/mol. The van der Waals surface area contributed by atoms with Crippen LogP contribution in [0, 0.1) is 0 Å². The van der Waals surface area contributed by atoms with Crippen molar-refractivity contribution in [2.75, 3.05) is 19.9 Å². The third-order valence-corrected chi connectivity index (χ3v) is 6.49. The molecule has 0 radical (unpaired) electrons. The lowest BCUT2D eigenvalue weighted by atomic mass is 10.0. The lowest BCUT2D eigenvalue weighted by Crippen LogP contribution is -2.48. The normalized spacial score (nSPS) is 20.0. The quantitative estimate of drug-likeness (QED) is 0.345. The molecule has 162 valence electrons. The molecule has 2 atom stereocenters. The molecule has 8 heteroatoms. The summed E-state index contributed by atoms with van der Waals surface area (Å²) in [4.78, 5) is 24.7. The second-order valence-electron chi connectivity index (χ2n) is 8.68. The van der Waals surface area contributed by atoms with Gasteiger partial charge in [0.25, 0.3) is 0 Å². The van der Waals surface area contributed by atoms with Crippen LogP contribution in [0.1, 0.15) is 25.3 Å². The number of amides is 3. The average molecular weight is 422 g/mol. The van der Waals surface area contributed by atoms with Crippen LogP contribution in [-0.4, -0.2) is 57.1 Å². The summed E-state index contributed by atoms with van der Waals surface area (Å²) in [5.74, 6) is -0.115. The summed E-state index contributed by atoms with van der Waals surface area (Å²) in [6, 6.07) is 10.4. The minimum atomic E-state index is -1.16. The van der Waals surface area contributed by atoms with E-state index < -0.39 is 8.07 Å². The Balaban J connectivity index is 2.04. The van der Waals surface area contributed by atoms with E-state index in [0.717, 1.165) is 18.0 Å². The van der Waals surface area contributed by atoms with Gasteiger partial charge in [0.15, 0.2) is 0 Å². The predicted molar refractivity (Wildman–Crippen MR) is 116 cm³/mol. The molecule has 0 aromatic heterocycles. The van der Waals surface area contributed by atoms with Crippen LogP contribution in [-0.2, 0) is 20.7 Å². The van der Waals surface area contributed by atoms with Gasteiger partial charge in [-0.2, -0.15) is 0 Å². The number of benzene rings is 1. The van der Waals surface area contributed by atoms with Gasteiger partial charge >= 0.3 is 6.03 Å². The SMILES string of the molecule is CCCC(=O)N1C[C@@H](OCOCC[Si](C)(C)C)[C@@H](Cc2ccccc2)NC(=O)N1. The van der Waals surface area contributed by atoms with Crippen molar-refractivity contribution in [3.8, 4) is 0 Å². The number of urea groups is 1. The first kappa shape index (κ1) is 23.4. The molecule has 2 N–H and O–H groups in total. The Labute approximate surface area is 175 Å². The summed E-state index contributed by atoms with van der Waals surface area (Å²) < 4.78 is 11.7. The molecule has 3 amide bonds. The number of carbonyl (C=O) groups excluding carboxylic acids is 2. The Bertz CT molecular complexity index is 651. The van der Waals surface area contributed by atoms with Gasteiger partial charge in [-0.1, -0.05) is 56.9 Å². The highest BCUT2D eigenvalue weighted by Crippen LogP contribution is 2.14. The lowest BCUT2D eigenvalue weighted by Gasteiger charge is -2.27. The fourth-order valence-corrected chi connectivity index (χ4v) is 3.83. The lowest BCUT2D eigenvalue weighted by molar-refractivity contribution is -0.139. The molecule has 0 unspecified atom stereocenters. The van der Waals surface area contributed by atoms with Crippen LogP contribution in [0.3, 0.4) is 0 Å². The Kier molecular flexibility index (Phi) is 9.13. The number of carbonyl (C=O) groups is 2. The zero-order valence-corrected chi connectivity index (χ0v) is 19.1. The highest BCUT2D eigenvalue weighted by molar-refractivity contribution is 6.76. The van der Waals surface area contributed by atoms with E-state index >= 15 is 0 Å². The number of hydrazine groups is 1. The van der Waals surface area contributed by atoms with Gasteiger partial charge < -0.3 is 14.8 Å². The highest BCUT2D eigenvalue weighted by Gasteiger charge is 2.33. The van der Waals surface area contributed by atoms with Gasteiger partial charge in [-0.25, -0.2) is 15.2 Å². The van der Waals surface area contributed by atoms with Gasteiger partial charge in [-0.15, -0.1) is 0 Å². The molecular formula is C21H35N3O4Si. The molecule has 0 saturated carbocycles. The standard InChI is InChI=1S/C21H35N3O4Si/c1-5-9-20(25)24-15-19(28-16-27-12-13-29(2,3)4)18(22-21(26)23-24)14-17-10-7-6-8-11-17/h6-8,10-11,18-19H,5,9,12-16H2,1-4H3,(H2,22,23,26)/t18-,19-/m1/s1. The van der Waals surface area contributed by atoms with Crippen LogP contribution in [0.4, 0.5) is 4.79 Å². The van der Waals surface area contributed by atoms with Crippen molar-refractivity contribution < 1.29 is 19.1 Å². The molecule has 1 aliphatic rings. The molecule has 1 aromatic rings. The van der Waals surface area contributed by atoms with Crippen LogP contribution in [0.2, 0.25) is 25.7 Å². The molecule has 7 nitrogen and oxygen atoms in total. The summed E-state index contributed by atoms with van der Waals surface area (Å²) in [7, 11) is -1.16. The molecule has 0 bridgehead atoms. The smallest absolute Gasteiger partial charge is 0.333 e. The predicted octanol–water partition coefficient (Wildman–Crippen LogP) is 3.15. The van der Waals surface area contributed by atoms with Gasteiger partial charge in [0.2, 0.25) is 5.91 Å². The Morgan fingerprint density at radius 3 is 2.62 bits per heavy atom. The minimum absolute atomic E-state index is 0.115. The van der Waals surface area contributed by atoms with Crippen LogP contribution < -0.4 is 10.7 Å². The molecule has 1 fully saturated rings. The summed E-state index contributed by atoms with van der Waals surface area (Å²) in [6.45, 7) is 9.94. The Morgan fingerprint density at radius 2 is 1.97 bits per heavy atom. The molecule has 1 aliphatic heterocycles. The van der Waals surface area contributed by atoms with E-state index in [1.165, 1.54) is 5.01 Å². The maximum Gasteiger partial charge on any atom is 0.333 e. The number of hydrogen-bond donors (Lipinski definition) is 2. The second-order valence-corrected chi connectivity index (χ2v) is 14.3. The number of ether oxygens (including phenoxy) is 2.